The Morgan fingerprint density at radius 1 is 1.04 bits per heavy atom. The van der Waals surface area contributed by atoms with Crippen molar-refractivity contribution in [2.75, 3.05) is 23.8 Å². The number of phenols is 1. The van der Waals surface area contributed by atoms with Crippen LogP contribution < -0.4 is 10.6 Å². The van der Waals surface area contributed by atoms with Crippen LogP contribution in [0.3, 0.4) is 0 Å². The summed E-state index contributed by atoms with van der Waals surface area (Å²) >= 11 is 0. The van der Waals surface area contributed by atoms with E-state index in [-0.39, 0.29) is 5.75 Å². The topological polar surface area (TPSA) is 79.8 Å². The van der Waals surface area contributed by atoms with Gasteiger partial charge in [0, 0.05) is 11.3 Å². The van der Waals surface area contributed by atoms with Crippen LogP contribution in [0, 0.1) is 0 Å². The van der Waals surface area contributed by atoms with E-state index in [1.54, 1.807) is 24.3 Å². The van der Waals surface area contributed by atoms with Gasteiger partial charge in [0.1, 0.15) is 5.75 Å². The lowest BCUT2D eigenvalue weighted by atomic mass is 10.1. The Morgan fingerprint density at radius 2 is 1.78 bits per heavy atom. The number of hydrogen-bond acceptors (Lipinski definition) is 4. The summed E-state index contributed by atoms with van der Waals surface area (Å²) < 4.78 is 11.1. The number of anilines is 2. The first-order valence-electron chi connectivity index (χ1n) is 7.41. The number of ether oxygens (including phenoxy) is 2. The van der Waals surface area contributed by atoms with Crippen molar-refractivity contribution in [2.45, 2.75) is 12.7 Å². The number of amides is 2. The predicted octanol–water partition coefficient (Wildman–Crippen LogP) is 3.47. The van der Waals surface area contributed by atoms with Crippen LogP contribution in [0.1, 0.15) is 18.3 Å². The second kappa shape index (κ2) is 7.13. The highest BCUT2D eigenvalue weighted by molar-refractivity contribution is 6.00. The monoisotopic (exact) mass is 314 g/mol. The first-order chi connectivity index (χ1) is 11.2. The van der Waals surface area contributed by atoms with Gasteiger partial charge in [0.15, 0.2) is 6.29 Å². The molecule has 1 aliphatic heterocycles. The van der Waals surface area contributed by atoms with Crippen LogP contribution in [-0.2, 0) is 9.47 Å². The fourth-order valence-electron chi connectivity index (χ4n) is 2.29. The third-order valence-corrected chi connectivity index (χ3v) is 3.40. The fourth-order valence-corrected chi connectivity index (χ4v) is 2.29. The standard InChI is InChI=1S/C17H18N2O4/c20-15-8-7-12(16-22-9-4-10-23-16)11-14(15)19-17(21)18-13-5-2-1-3-6-13/h1-3,5-8,11,16,20H,4,9-10H2,(H2,18,19,21). The molecule has 0 aromatic heterocycles. The molecule has 6 nitrogen and oxygen atoms in total. The smallest absolute Gasteiger partial charge is 0.323 e. The zero-order valence-electron chi connectivity index (χ0n) is 12.5. The Labute approximate surface area is 134 Å². The molecule has 2 amide bonds. The van der Waals surface area contributed by atoms with Crippen molar-refractivity contribution in [1.29, 1.82) is 0 Å². The molecule has 0 unspecified atom stereocenters. The largest absolute Gasteiger partial charge is 0.506 e. The second-order valence-electron chi connectivity index (χ2n) is 5.15. The van der Waals surface area contributed by atoms with Gasteiger partial charge in [0.25, 0.3) is 0 Å². The zero-order chi connectivity index (χ0) is 16.1. The van der Waals surface area contributed by atoms with Crippen molar-refractivity contribution in [1.82, 2.24) is 0 Å². The fraction of sp³-hybridized carbons (Fsp3) is 0.235. The number of nitrogens with one attached hydrogen (secondary N) is 2. The quantitative estimate of drug-likeness (QED) is 0.758. The average Bonchev–Trinajstić information content (AvgIpc) is 2.58. The SMILES string of the molecule is O=C(Nc1ccccc1)Nc1cc(C2OCCCO2)ccc1O. The maximum Gasteiger partial charge on any atom is 0.323 e. The molecular formula is C17H18N2O4. The lowest BCUT2D eigenvalue weighted by Crippen LogP contribution is -2.20. The Kier molecular flexibility index (Phi) is 4.75. The minimum Gasteiger partial charge on any atom is -0.506 e. The van der Waals surface area contributed by atoms with Crippen molar-refractivity contribution < 1.29 is 19.4 Å². The van der Waals surface area contributed by atoms with Crippen LogP contribution >= 0.6 is 0 Å². The van der Waals surface area contributed by atoms with E-state index >= 15 is 0 Å². The molecule has 3 rings (SSSR count). The van der Waals surface area contributed by atoms with E-state index in [0.29, 0.717) is 24.6 Å². The van der Waals surface area contributed by atoms with Gasteiger partial charge < -0.3 is 25.2 Å². The number of rotatable bonds is 3. The maximum atomic E-state index is 12.0. The van der Waals surface area contributed by atoms with Crippen molar-refractivity contribution >= 4 is 17.4 Å². The molecule has 1 heterocycles. The summed E-state index contributed by atoms with van der Waals surface area (Å²) in [6, 6.07) is 13.5. The summed E-state index contributed by atoms with van der Waals surface area (Å²) in [6.45, 7) is 1.26. The number of urea groups is 1. The Balaban J connectivity index is 1.70. The molecular weight excluding hydrogens is 296 g/mol. The molecule has 3 N–H and O–H groups in total. The molecule has 0 aliphatic carbocycles. The van der Waals surface area contributed by atoms with E-state index in [0.717, 1.165) is 12.0 Å². The number of hydrogen-bond donors (Lipinski definition) is 3. The normalized spacial score (nSPS) is 15.1. The molecule has 1 aliphatic rings. The minimum absolute atomic E-state index is 0.0206. The van der Waals surface area contributed by atoms with Crippen molar-refractivity contribution in [3.8, 4) is 5.75 Å². The van der Waals surface area contributed by atoms with Gasteiger partial charge in [-0.1, -0.05) is 24.3 Å². The van der Waals surface area contributed by atoms with E-state index < -0.39 is 12.3 Å². The Bertz CT molecular complexity index is 670. The van der Waals surface area contributed by atoms with E-state index in [4.69, 9.17) is 9.47 Å². The average molecular weight is 314 g/mol. The maximum absolute atomic E-state index is 12.0. The molecule has 6 heteroatoms. The third-order valence-electron chi connectivity index (χ3n) is 3.40. The molecule has 0 bridgehead atoms. The molecule has 1 saturated heterocycles. The van der Waals surface area contributed by atoms with Gasteiger partial charge in [-0.25, -0.2) is 4.79 Å². The summed E-state index contributed by atoms with van der Waals surface area (Å²) in [5, 5.41) is 15.2. The molecule has 2 aromatic rings. The van der Waals surface area contributed by atoms with Crippen molar-refractivity contribution in [3.63, 3.8) is 0 Å². The Morgan fingerprint density at radius 3 is 2.52 bits per heavy atom. The van der Waals surface area contributed by atoms with Crippen molar-refractivity contribution in [2.24, 2.45) is 0 Å². The molecule has 0 saturated carbocycles. The van der Waals surface area contributed by atoms with Crippen LogP contribution in [0.4, 0.5) is 16.2 Å². The number of carbonyl (C=O) groups is 1. The number of carbonyl (C=O) groups excluding carboxylic acids is 1. The number of benzene rings is 2. The van der Waals surface area contributed by atoms with Gasteiger partial charge in [-0.05, 0) is 30.7 Å². The van der Waals surface area contributed by atoms with E-state index in [2.05, 4.69) is 10.6 Å². The summed E-state index contributed by atoms with van der Waals surface area (Å²) in [5.74, 6) is -0.0206. The van der Waals surface area contributed by atoms with Gasteiger partial charge in [-0.3, -0.25) is 0 Å². The van der Waals surface area contributed by atoms with Crippen LogP contribution in [0.5, 0.6) is 5.75 Å². The summed E-state index contributed by atoms with van der Waals surface area (Å²) in [4.78, 5) is 12.0. The van der Waals surface area contributed by atoms with E-state index in [9.17, 15) is 9.90 Å². The highest BCUT2D eigenvalue weighted by Gasteiger charge is 2.18. The lowest BCUT2D eigenvalue weighted by Gasteiger charge is -2.24. The van der Waals surface area contributed by atoms with Crippen LogP contribution in [-0.4, -0.2) is 24.4 Å². The second-order valence-corrected chi connectivity index (χ2v) is 5.15. The van der Waals surface area contributed by atoms with Crippen LogP contribution in [0.25, 0.3) is 0 Å². The molecule has 23 heavy (non-hydrogen) atoms. The summed E-state index contributed by atoms with van der Waals surface area (Å²) in [5.41, 5.74) is 1.71. The predicted molar refractivity (Wildman–Crippen MR) is 86.5 cm³/mol. The summed E-state index contributed by atoms with van der Waals surface area (Å²) in [7, 11) is 0. The van der Waals surface area contributed by atoms with Crippen LogP contribution in [0.15, 0.2) is 48.5 Å². The number of aromatic hydroxyl groups is 1. The molecule has 120 valence electrons. The summed E-state index contributed by atoms with van der Waals surface area (Å²) in [6.07, 6.45) is 0.390. The zero-order valence-corrected chi connectivity index (χ0v) is 12.5. The highest BCUT2D eigenvalue weighted by atomic mass is 16.7. The van der Waals surface area contributed by atoms with Gasteiger partial charge >= 0.3 is 6.03 Å². The van der Waals surface area contributed by atoms with Gasteiger partial charge in [0.2, 0.25) is 0 Å². The molecule has 2 aromatic carbocycles. The number of para-hydroxylation sites is 1. The highest BCUT2D eigenvalue weighted by Crippen LogP contribution is 2.30. The first kappa shape index (κ1) is 15.3. The number of phenolic OH excluding ortho intramolecular Hbond substituents is 1. The minimum atomic E-state index is -0.470. The van der Waals surface area contributed by atoms with E-state index in [1.807, 2.05) is 18.2 Å². The Hall–Kier alpha value is -2.57. The molecule has 0 spiro atoms. The third kappa shape index (κ3) is 4.00. The molecule has 0 radical (unpaired) electrons. The van der Waals surface area contributed by atoms with Gasteiger partial charge in [-0.2, -0.15) is 0 Å². The molecule has 1 fully saturated rings. The van der Waals surface area contributed by atoms with E-state index in [1.165, 1.54) is 6.07 Å². The lowest BCUT2D eigenvalue weighted by molar-refractivity contribution is -0.183. The first-order valence-corrected chi connectivity index (χ1v) is 7.41. The van der Waals surface area contributed by atoms with Crippen molar-refractivity contribution in [3.05, 3.63) is 54.1 Å². The van der Waals surface area contributed by atoms with Gasteiger partial charge in [0.05, 0.1) is 18.9 Å². The molecule has 0 atom stereocenters. The van der Waals surface area contributed by atoms with Gasteiger partial charge in [-0.15, -0.1) is 0 Å². The van der Waals surface area contributed by atoms with Crippen LogP contribution in [0.2, 0.25) is 0 Å².